The minimum atomic E-state index is -0.646. The summed E-state index contributed by atoms with van der Waals surface area (Å²) in [5.74, 6) is -1.03. The van der Waals surface area contributed by atoms with Gasteiger partial charge in [0.15, 0.2) is 0 Å². The first kappa shape index (κ1) is 23.5. The van der Waals surface area contributed by atoms with E-state index in [0.29, 0.717) is 11.3 Å². The first-order valence-corrected chi connectivity index (χ1v) is 11.5. The van der Waals surface area contributed by atoms with E-state index in [1.54, 1.807) is 38.1 Å². The van der Waals surface area contributed by atoms with Gasteiger partial charge in [0.1, 0.15) is 24.7 Å². The summed E-state index contributed by atoms with van der Waals surface area (Å²) in [6.07, 6.45) is 1.26. The molecule has 0 radical (unpaired) electrons. The molecule has 0 spiro atoms. The Morgan fingerprint density at radius 2 is 1.79 bits per heavy atom. The van der Waals surface area contributed by atoms with Crippen LogP contribution in [0.5, 0.6) is 5.75 Å². The van der Waals surface area contributed by atoms with Crippen LogP contribution >= 0.6 is 11.8 Å². The van der Waals surface area contributed by atoms with Crippen molar-refractivity contribution in [1.29, 1.82) is 0 Å². The van der Waals surface area contributed by atoms with E-state index in [2.05, 4.69) is 0 Å². The van der Waals surface area contributed by atoms with Gasteiger partial charge in [-0.2, -0.15) is 0 Å². The van der Waals surface area contributed by atoms with Crippen molar-refractivity contribution in [2.45, 2.75) is 26.6 Å². The lowest BCUT2D eigenvalue weighted by Gasteiger charge is -2.14. The normalized spacial score (nSPS) is 14.9. The number of halogens is 1. The number of benzene rings is 3. The molecule has 1 aliphatic heterocycles. The standard InChI is InChI=1S/C26H22FNO5S/c1-16(2)33-24(29)14-28-25(30)23(34-26(28)31)13-21-20-6-4-3-5-18(20)9-12-22(21)32-15-17-7-10-19(27)11-8-17/h3-13,16H,14-15H2,1-2H3/b23-13+. The first-order valence-electron chi connectivity index (χ1n) is 10.7. The van der Waals surface area contributed by atoms with Crippen LogP contribution in [0.4, 0.5) is 9.18 Å². The number of fused-ring (bicyclic) bond motifs is 1. The monoisotopic (exact) mass is 479 g/mol. The molecule has 0 unspecified atom stereocenters. The van der Waals surface area contributed by atoms with E-state index in [1.807, 2.05) is 30.3 Å². The molecule has 0 aliphatic carbocycles. The van der Waals surface area contributed by atoms with Gasteiger partial charge in [0.25, 0.3) is 11.1 Å². The fraction of sp³-hybridized carbons (Fsp3) is 0.192. The number of esters is 1. The van der Waals surface area contributed by atoms with Gasteiger partial charge in [-0.15, -0.1) is 0 Å². The summed E-state index contributed by atoms with van der Waals surface area (Å²) in [6.45, 7) is 3.14. The number of carbonyl (C=O) groups is 3. The lowest BCUT2D eigenvalue weighted by atomic mass is 10.0. The minimum Gasteiger partial charge on any atom is -0.488 e. The van der Waals surface area contributed by atoms with Gasteiger partial charge < -0.3 is 9.47 Å². The predicted octanol–water partition coefficient (Wildman–Crippen LogP) is 5.55. The number of carbonyl (C=O) groups excluding carboxylic acids is 3. The van der Waals surface area contributed by atoms with Gasteiger partial charge in [0.2, 0.25) is 0 Å². The molecule has 2 amide bonds. The van der Waals surface area contributed by atoms with Gasteiger partial charge >= 0.3 is 5.97 Å². The molecule has 6 nitrogen and oxygen atoms in total. The molecule has 3 aromatic carbocycles. The Labute approximate surface area is 200 Å². The summed E-state index contributed by atoms with van der Waals surface area (Å²) in [6, 6.07) is 17.3. The summed E-state index contributed by atoms with van der Waals surface area (Å²) in [7, 11) is 0. The second-order valence-electron chi connectivity index (χ2n) is 7.92. The van der Waals surface area contributed by atoms with Crippen LogP contribution in [0.3, 0.4) is 0 Å². The Balaban J connectivity index is 1.65. The van der Waals surface area contributed by atoms with Crippen LogP contribution in [0.15, 0.2) is 65.6 Å². The molecule has 0 saturated carbocycles. The van der Waals surface area contributed by atoms with E-state index >= 15 is 0 Å². The molecule has 0 N–H and O–H groups in total. The zero-order chi connectivity index (χ0) is 24.2. The molecule has 34 heavy (non-hydrogen) atoms. The van der Waals surface area contributed by atoms with Crippen molar-refractivity contribution in [3.05, 3.63) is 82.5 Å². The summed E-state index contributed by atoms with van der Waals surface area (Å²) in [4.78, 5) is 38.4. The van der Waals surface area contributed by atoms with Gasteiger partial charge in [-0.3, -0.25) is 19.3 Å². The second kappa shape index (κ2) is 10.1. The second-order valence-corrected chi connectivity index (χ2v) is 8.91. The van der Waals surface area contributed by atoms with Crippen LogP contribution in [-0.2, 0) is 20.9 Å². The largest absolute Gasteiger partial charge is 0.488 e. The van der Waals surface area contributed by atoms with E-state index in [1.165, 1.54) is 12.1 Å². The highest BCUT2D eigenvalue weighted by Gasteiger charge is 2.37. The highest BCUT2D eigenvalue weighted by atomic mass is 32.2. The van der Waals surface area contributed by atoms with Gasteiger partial charge in [-0.05, 0) is 66.2 Å². The third-order valence-corrected chi connectivity index (χ3v) is 5.95. The molecule has 174 valence electrons. The van der Waals surface area contributed by atoms with E-state index in [0.717, 1.165) is 33.0 Å². The highest BCUT2D eigenvalue weighted by Crippen LogP contribution is 2.37. The Kier molecular flexibility index (Phi) is 6.98. The number of ether oxygens (including phenoxy) is 2. The van der Waals surface area contributed by atoms with Crippen molar-refractivity contribution in [3.8, 4) is 5.75 Å². The highest BCUT2D eigenvalue weighted by molar-refractivity contribution is 8.18. The average molecular weight is 480 g/mol. The lowest BCUT2D eigenvalue weighted by molar-refractivity contribution is -0.149. The Morgan fingerprint density at radius 1 is 1.06 bits per heavy atom. The fourth-order valence-electron chi connectivity index (χ4n) is 3.49. The van der Waals surface area contributed by atoms with Crippen LogP contribution in [0.2, 0.25) is 0 Å². The zero-order valence-electron chi connectivity index (χ0n) is 18.6. The van der Waals surface area contributed by atoms with Gasteiger partial charge in [-0.1, -0.05) is 42.5 Å². The minimum absolute atomic E-state index is 0.185. The average Bonchev–Trinajstić information content (AvgIpc) is 3.06. The summed E-state index contributed by atoms with van der Waals surface area (Å²) >= 11 is 0.764. The number of rotatable bonds is 7. The molecule has 1 saturated heterocycles. The maximum atomic E-state index is 13.2. The summed E-state index contributed by atoms with van der Waals surface area (Å²) in [5.41, 5.74) is 1.42. The smallest absolute Gasteiger partial charge is 0.326 e. The number of amides is 2. The first-order chi connectivity index (χ1) is 16.3. The van der Waals surface area contributed by atoms with Crippen molar-refractivity contribution < 1.29 is 28.2 Å². The van der Waals surface area contributed by atoms with Crippen LogP contribution in [0, 0.1) is 5.82 Å². The molecular weight excluding hydrogens is 457 g/mol. The summed E-state index contributed by atoms with van der Waals surface area (Å²) < 4.78 is 24.3. The van der Waals surface area contributed by atoms with E-state index in [4.69, 9.17) is 9.47 Å². The SMILES string of the molecule is CC(C)OC(=O)CN1C(=O)S/C(=C/c2c(OCc3ccc(F)cc3)ccc3ccccc23)C1=O. The number of imide groups is 1. The maximum Gasteiger partial charge on any atom is 0.326 e. The topological polar surface area (TPSA) is 72.9 Å². The number of hydrogen-bond acceptors (Lipinski definition) is 6. The number of hydrogen-bond donors (Lipinski definition) is 0. The van der Waals surface area contributed by atoms with E-state index in [9.17, 15) is 18.8 Å². The third-order valence-electron chi connectivity index (χ3n) is 5.04. The zero-order valence-corrected chi connectivity index (χ0v) is 19.4. The third kappa shape index (κ3) is 5.28. The van der Waals surface area contributed by atoms with Crippen LogP contribution in [-0.4, -0.2) is 34.7 Å². The van der Waals surface area contributed by atoms with Gasteiger partial charge in [0, 0.05) is 5.56 Å². The molecule has 0 aromatic heterocycles. The molecule has 1 aliphatic rings. The number of thioether (sulfide) groups is 1. The molecule has 0 bridgehead atoms. The van der Waals surface area contributed by atoms with E-state index in [-0.39, 0.29) is 23.4 Å². The summed E-state index contributed by atoms with van der Waals surface area (Å²) in [5, 5.41) is 1.23. The molecule has 8 heteroatoms. The molecule has 1 heterocycles. The van der Waals surface area contributed by atoms with Crippen LogP contribution in [0.25, 0.3) is 16.8 Å². The maximum absolute atomic E-state index is 13.2. The van der Waals surface area contributed by atoms with Crippen molar-refractivity contribution in [2.24, 2.45) is 0 Å². The molecule has 4 rings (SSSR count). The predicted molar refractivity (Wildman–Crippen MR) is 129 cm³/mol. The van der Waals surface area contributed by atoms with E-state index < -0.39 is 23.7 Å². The van der Waals surface area contributed by atoms with Crippen molar-refractivity contribution in [2.75, 3.05) is 6.54 Å². The Bertz CT molecular complexity index is 1290. The van der Waals surface area contributed by atoms with Crippen LogP contribution < -0.4 is 4.74 Å². The fourth-order valence-corrected chi connectivity index (χ4v) is 4.31. The molecular formula is C26H22FNO5S. The van der Waals surface area contributed by atoms with Crippen molar-refractivity contribution in [3.63, 3.8) is 0 Å². The van der Waals surface area contributed by atoms with Crippen LogP contribution in [0.1, 0.15) is 25.0 Å². The molecule has 3 aromatic rings. The molecule has 1 fully saturated rings. The van der Waals surface area contributed by atoms with Gasteiger partial charge in [-0.25, -0.2) is 4.39 Å². The Morgan fingerprint density at radius 3 is 2.53 bits per heavy atom. The van der Waals surface area contributed by atoms with Crippen molar-refractivity contribution in [1.82, 2.24) is 4.90 Å². The quantitative estimate of drug-likeness (QED) is 0.327. The lowest BCUT2D eigenvalue weighted by Crippen LogP contribution is -2.35. The molecule has 0 atom stereocenters. The number of nitrogens with zero attached hydrogens (tertiary/aromatic N) is 1. The Hall–Kier alpha value is -3.65. The van der Waals surface area contributed by atoms with Gasteiger partial charge in [0.05, 0.1) is 11.0 Å². The van der Waals surface area contributed by atoms with Crippen molar-refractivity contribution >= 4 is 45.7 Å².